The Labute approximate surface area is 130 Å². The van der Waals surface area contributed by atoms with E-state index in [2.05, 4.69) is 20.4 Å². The van der Waals surface area contributed by atoms with Gasteiger partial charge in [-0.25, -0.2) is 18.6 Å². The number of rotatable bonds is 5. The van der Waals surface area contributed by atoms with Gasteiger partial charge in [-0.05, 0) is 24.5 Å². The van der Waals surface area contributed by atoms with Gasteiger partial charge in [0, 0.05) is 37.7 Å². The molecule has 2 amide bonds. The average molecular weight is 335 g/mol. The second-order valence-corrected chi connectivity index (χ2v) is 5.36. The molecule has 1 aliphatic rings. The van der Waals surface area contributed by atoms with Gasteiger partial charge in [0.2, 0.25) is 11.8 Å². The van der Waals surface area contributed by atoms with Crippen molar-refractivity contribution in [3.63, 3.8) is 0 Å². The monoisotopic (exact) mass is 335 g/mol. The molecule has 0 bridgehead atoms. The van der Waals surface area contributed by atoms with E-state index in [4.69, 9.17) is 0 Å². The lowest BCUT2D eigenvalue weighted by Gasteiger charge is -2.29. The van der Waals surface area contributed by atoms with Crippen LogP contribution in [0.25, 0.3) is 0 Å². The molecule has 0 unspecified atom stereocenters. The number of ether oxygens (including phenoxy) is 1. The Kier molecular flexibility index (Phi) is 5.62. The van der Waals surface area contributed by atoms with Crippen molar-refractivity contribution in [3.8, 4) is 5.88 Å². The van der Waals surface area contributed by atoms with E-state index in [9.17, 15) is 22.4 Å². The summed E-state index contributed by atoms with van der Waals surface area (Å²) in [5, 5.41) is 4.98. The minimum Gasteiger partial charge on any atom is -0.417 e. The molecule has 1 saturated carbocycles. The Bertz CT molecular complexity index is 543. The molecule has 128 valence electrons. The average Bonchev–Trinajstić information content (AvgIpc) is 2.44. The van der Waals surface area contributed by atoms with Crippen LogP contribution in [-0.4, -0.2) is 29.6 Å². The Morgan fingerprint density at radius 3 is 2.96 bits per heavy atom. The molecule has 1 atom stereocenters. The number of halogens is 4. The molecule has 0 aliphatic heterocycles. The Hall–Kier alpha value is -2.06. The quantitative estimate of drug-likeness (QED) is 0.813. The van der Waals surface area contributed by atoms with E-state index in [1.807, 2.05) is 0 Å². The van der Waals surface area contributed by atoms with Gasteiger partial charge >= 0.3 is 12.6 Å². The number of amides is 2. The third-order valence-electron chi connectivity index (χ3n) is 3.44. The summed E-state index contributed by atoms with van der Waals surface area (Å²) in [5.74, 6) is -3.00. The number of nitrogens with zero attached hydrogens (tertiary/aromatic N) is 1. The lowest BCUT2D eigenvalue weighted by atomic mass is 9.92. The predicted octanol–water partition coefficient (Wildman–Crippen LogP) is 3.06. The fraction of sp³-hybridized carbons (Fsp3) is 0.571. The molecular weight excluding hydrogens is 318 g/mol. The predicted molar refractivity (Wildman–Crippen MR) is 73.4 cm³/mol. The normalized spacial score (nSPS) is 20.1. The van der Waals surface area contributed by atoms with E-state index in [0.29, 0.717) is 18.4 Å². The fourth-order valence-electron chi connectivity index (χ4n) is 2.43. The molecular formula is C14H17F4N3O2. The van der Waals surface area contributed by atoms with Gasteiger partial charge in [-0.2, -0.15) is 8.78 Å². The van der Waals surface area contributed by atoms with Crippen LogP contribution in [0.5, 0.6) is 5.88 Å². The number of carbonyl (C=O) groups excluding carboxylic acids is 1. The van der Waals surface area contributed by atoms with E-state index >= 15 is 0 Å². The van der Waals surface area contributed by atoms with E-state index in [-0.39, 0.29) is 25.3 Å². The lowest BCUT2D eigenvalue weighted by Crippen LogP contribution is -2.46. The summed E-state index contributed by atoms with van der Waals surface area (Å²) in [6, 6.07) is 1.63. The highest BCUT2D eigenvalue weighted by atomic mass is 19.3. The van der Waals surface area contributed by atoms with Gasteiger partial charge in [-0.3, -0.25) is 0 Å². The van der Waals surface area contributed by atoms with Crippen LogP contribution in [-0.2, 0) is 6.54 Å². The van der Waals surface area contributed by atoms with E-state index in [1.54, 1.807) is 0 Å². The minimum absolute atomic E-state index is 0.0388. The molecule has 0 spiro atoms. The summed E-state index contributed by atoms with van der Waals surface area (Å²) >= 11 is 0. The number of hydrogen-bond acceptors (Lipinski definition) is 3. The van der Waals surface area contributed by atoms with Crippen LogP contribution < -0.4 is 15.4 Å². The number of alkyl halides is 4. The van der Waals surface area contributed by atoms with Gasteiger partial charge in [-0.15, -0.1) is 0 Å². The van der Waals surface area contributed by atoms with Gasteiger partial charge < -0.3 is 15.4 Å². The first kappa shape index (κ1) is 17.3. The first-order valence-corrected chi connectivity index (χ1v) is 7.16. The summed E-state index contributed by atoms with van der Waals surface area (Å²) in [6.07, 6.45) is 1.61. The largest absolute Gasteiger partial charge is 0.417 e. The molecule has 1 heterocycles. The molecule has 23 heavy (non-hydrogen) atoms. The van der Waals surface area contributed by atoms with Gasteiger partial charge in [0.25, 0.3) is 0 Å². The third-order valence-corrected chi connectivity index (χ3v) is 3.44. The third kappa shape index (κ3) is 5.91. The summed E-state index contributed by atoms with van der Waals surface area (Å²) in [5.41, 5.74) is 0.500. The van der Waals surface area contributed by atoms with Crippen molar-refractivity contribution in [2.75, 3.05) is 0 Å². The molecule has 9 heteroatoms. The smallest absolute Gasteiger partial charge is 0.388 e. The molecule has 0 aromatic carbocycles. The standard InChI is InChI=1S/C14H17F4N3O2/c15-12(16)23-11-6-9(3-5-19-11)8-20-13(22)21-10-2-1-4-14(17,18)7-10/h3,5-6,10,12H,1-2,4,7-8H2,(H2,20,21,22)/t10-/m0/s1. The van der Waals surface area contributed by atoms with Crippen LogP contribution in [0.2, 0.25) is 0 Å². The van der Waals surface area contributed by atoms with Crippen molar-refractivity contribution in [3.05, 3.63) is 23.9 Å². The van der Waals surface area contributed by atoms with Crippen molar-refractivity contribution in [1.29, 1.82) is 0 Å². The topological polar surface area (TPSA) is 63.2 Å². The first-order valence-electron chi connectivity index (χ1n) is 7.16. The maximum Gasteiger partial charge on any atom is 0.388 e. The van der Waals surface area contributed by atoms with Crippen molar-refractivity contribution in [2.24, 2.45) is 0 Å². The maximum absolute atomic E-state index is 13.3. The summed E-state index contributed by atoms with van der Waals surface area (Å²) in [4.78, 5) is 15.3. The van der Waals surface area contributed by atoms with Crippen LogP contribution in [0.1, 0.15) is 31.2 Å². The molecule has 0 radical (unpaired) electrons. The number of carbonyl (C=O) groups is 1. The van der Waals surface area contributed by atoms with Crippen LogP contribution in [0, 0.1) is 0 Å². The van der Waals surface area contributed by atoms with Crippen LogP contribution in [0.15, 0.2) is 18.3 Å². The van der Waals surface area contributed by atoms with Crippen molar-refractivity contribution < 1.29 is 27.1 Å². The summed E-state index contributed by atoms with van der Waals surface area (Å²) < 4.78 is 54.8. The molecule has 1 aromatic rings. The molecule has 2 N–H and O–H groups in total. The minimum atomic E-state index is -2.98. The van der Waals surface area contributed by atoms with Gasteiger partial charge in [0.15, 0.2) is 0 Å². The SMILES string of the molecule is O=C(NCc1ccnc(OC(F)F)c1)N[C@H]1CCCC(F)(F)C1. The highest BCUT2D eigenvalue weighted by Crippen LogP contribution is 2.32. The first-order chi connectivity index (χ1) is 10.8. The molecule has 1 fully saturated rings. The number of pyridine rings is 1. The second-order valence-electron chi connectivity index (χ2n) is 5.36. The molecule has 2 rings (SSSR count). The summed E-state index contributed by atoms with van der Waals surface area (Å²) in [6.45, 7) is -2.95. The second kappa shape index (κ2) is 7.47. The van der Waals surface area contributed by atoms with E-state index < -0.39 is 24.6 Å². The zero-order chi connectivity index (χ0) is 16.9. The fourth-order valence-corrected chi connectivity index (χ4v) is 2.43. The van der Waals surface area contributed by atoms with E-state index in [0.717, 1.165) is 0 Å². The number of urea groups is 1. The summed E-state index contributed by atoms with van der Waals surface area (Å²) in [7, 11) is 0. The molecule has 0 saturated heterocycles. The Morgan fingerprint density at radius 1 is 1.48 bits per heavy atom. The zero-order valence-electron chi connectivity index (χ0n) is 12.2. The van der Waals surface area contributed by atoms with Crippen molar-refractivity contribution in [1.82, 2.24) is 15.6 Å². The highest BCUT2D eigenvalue weighted by Gasteiger charge is 2.36. The van der Waals surface area contributed by atoms with Crippen molar-refractivity contribution >= 4 is 6.03 Å². The maximum atomic E-state index is 13.3. The van der Waals surface area contributed by atoms with Gasteiger partial charge in [-0.1, -0.05) is 0 Å². The van der Waals surface area contributed by atoms with E-state index in [1.165, 1.54) is 18.3 Å². The Morgan fingerprint density at radius 2 is 2.26 bits per heavy atom. The number of aromatic nitrogens is 1. The van der Waals surface area contributed by atoms with Gasteiger partial charge in [0.1, 0.15) is 0 Å². The van der Waals surface area contributed by atoms with Crippen LogP contribution in [0.3, 0.4) is 0 Å². The number of hydrogen-bond donors (Lipinski definition) is 2. The van der Waals surface area contributed by atoms with Gasteiger partial charge in [0.05, 0.1) is 0 Å². The lowest BCUT2D eigenvalue weighted by molar-refractivity contribution is -0.0529. The molecule has 1 aliphatic carbocycles. The number of nitrogens with one attached hydrogen (secondary N) is 2. The zero-order valence-corrected chi connectivity index (χ0v) is 12.2. The molecule has 5 nitrogen and oxygen atoms in total. The molecule has 1 aromatic heterocycles. The Balaban J connectivity index is 1.80. The van der Waals surface area contributed by atoms with Crippen molar-refractivity contribution in [2.45, 2.75) is 50.8 Å². The highest BCUT2D eigenvalue weighted by molar-refractivity contribution is 5.74. The van der Waals surface area contributed by atoms with Crippen LogP contribution >= 0.6 is 0 Å². The van der Waals surface area contributed by atoms with Crippen LogP contribution in [0.4, 0.5) is 22.4 Å².